The van der Waals surface area contributed by atoms with Crippen LogP contribution in [0.4, 0.5) is 10.1 Å². The van der Waals surface area contributed by atoms with Crippen LogP contribution in [0.5, 0.6) is 5.75 Å². The number of hydrogen-bond acceptors (Lipinski definition) is 3. The maximum atomic E-state index is 12.9. The van der Waals surface area contributed by atoms with Crippen molar-refractivity contribution in [2.45, 2.75) is 6.61 Å². The number of amides is 1. The van der Waals surface area contributed by atoms with Gasteiger partial charge < -0.3 is 10.1 Å². The molecule has 0 aliphatic heterocycles. The molecule has 0 saturated heterocycles. The van der Waals surface area contributed by atoms with Crippen molar-refractivity contribution >= 4 is 46.1 Å². The minimum Gasteiger partial charge on any atom is -0.489 e. The van der Waals surface area contributed by atoms with Crippen LogP contribution in [0.1, 0.15) is 15.2 Å². The molecule has 0 unspecified atom stereocenters. The molecule has 0 atom stereocenters. The SMILES string of the molecule is O=C(Nc1cccc(Cl)c1Cl)c1cc(COc2ccc(F)cc2)cs1. The summed E-state index contributed by atoms with van der Waals surface area (Å²) in [4.78, 5) is 12.8. The van der Waals surface area contributed by atoms with Crippen LogP contribution in [-0.4, -0.2) is 5.91 Å². The number of anilines is 1. The van der Waals surface area contributed by atoms with Crippen LogP contribution >= 0.6 is 34.5 Å². The number of ether oxygens (including phenoxy) is 1. The van der Waals surface area contributed by atoms with Crippen LogP contribution in [0.3, 0.4) is 0 Å². The maximum Gasteiger partial charge on any atom is 0.265 e. The number of thiophene rings is 1. The van der Waals surface area contributed by atoms with Gasteiger partial charge in [0.15, 0.2) is 0 Å². The van der Waals surface area contributed by atoms with Crippen LogP contribution < -0.4 is 10.1 Å². The number of nitrogens with one attached hydrogen (secondary N) is 1. The Bertz CT molecular complexity index is 896. The Morgan fingerprint density at radius 3 is 2.68 bits per heavy atom. The third-order valence-electron chi connectivity index (χ3n) is 3.30. The first-order chi connectivity index (χ1) is 12.0. The quantitative estimate of drug-likeness (QED) is 0.572. The smallest absolute Gasteiger partial charge is 0.265 e. The van der Waals surface area contributed by atoms with Crippen LogP contribution in [-0.2, 0) is 6.61 Å². The summed E-state index contributed by atoms with van der Waals surface area (Å²) in [6, 6.07) is 12.5. The van der Waals surface area contributed by atoms with E-state index in [1.807, 2.05) is 5.38 Å². The first kappa shape index (κ1) is 17.7. The highest BCUT2D eigenvalue weighted by molar-refractivity contribution is 7.12. The average Bonchev–Trinajstić information content (AvgIpc) is 3.08. The molecule has 0 aliphatic carbocycles. The molecule has 3 aromatic rings. The summed E-state index contributed by atoms with van der Waals surface area (Å²) in [6.45, 7) is 0.285. The molecule has 0 aliphatic rings. The van der Waals surface area contributed by atoms with E-state index in [0.29, 0.717) is 26.4 Å². The summed E-state index contributed by atoms with van der Waals surface area (Å²) in [5, 5.41) is 5.24. The molecule has 1 amide bonds. The summed E-state index contributed by atoms with van der Waals surface area (Å²) in [7, 11) is 0. The lowest BCUT2D eigenvalue weighted by Crippen LogP contribution is -2.10. The molecule has 0 fully saturated rings. The van der Waals surface area contributed by atoms with Crippen molar-refractivity contribution in [1.82, 2.24) is 0 Å². The number of halogens is 3. The van der Waals surface area contributed by atoms with Crippen molar-refractivity contribution in [2.24, 2.45) is 0 Å². The number of benzene rings is 2. The van der Waals surface area contributed by atoms with Gasteiger partial charge >= 0.3 is 0 Å². The fraction of sp³-hybridized carbons (Fsp3) is 0.0556. The maximum absolute atomic E-state index is 12.9. The molecular weight excluding hydrogens is 384 g/mol. The zero-order valence-corrected chi connectivity index (χ0v) is 15.1. The monoisotopic (exact) mass is 395 g/mol. The van der Waals surface area contributed by atoms with Crippen molar-refractivity contribution in [1.29, 1.82) is 0 Å². The second-order valence-corrected chi connectivity index (χ2v) is 6.81. The molecular formula is C18H12Cl2FNO2S. The summed E-state index contributed by atoms with van der Waals surface area (Å²) in [6.07, 6.45) is 0. The Kier molecular flexibility index (Phi) is 5.58. The van der Waals surface area contributed by atoms with Gasteiger partial charge in [-0.05, 0) is 47.8 Å². The minimum atomic E-state index is -0.318. The molecule has 1 aromatic heterocycles. The first-order valence-electron chi connectivity index (χ1n) is 7.24. The van der Waals surface area contributed by atoms with Gasteiger partial charge in [-0.2, -0.15) is 0 Å². The number of rotatable bonds is 5. The number of carbonyl (C=O) groups excluding carboxylic acids is 1. The van der Waals surface area contributed by atoms with Gasteiger partial charge in [-0.15, -0.1) is 11.3 Å². The number of hydrogen-bond donors (Lipinski definition) is 1. The topological polar surface area (TPSA) is 38.3 Å². The summed E-state index contributed by atoms with van der Waals surface area (Å²) < 4.78 is 18.4. The Balaban J connectivity index is 1.63. The molecule has 0 radical (unpaired) electrons. The van der Waals surface area contributed by atoms with E-state index in [0.717, 1.165) is 5.56 Å². The first-order valence-corrected chi connectivity index (χ1v) is 8.87. The van der Waals surface area contributed by atoms with Gasteiger partial charge in [-0.25, -0.2) is 4.39 Å². The van der Waals surface area contributed by atoms with Crippen molar-refractivity contribution in [3.8, 4) is 5.75 Å². The average molecular weight is 396 g/mol. The van der Waals surface area contributed by atoms with E-state index in [1.165, 1.54) is 23.5 Å². The minimum absolute atomic E-state index is 0.276. The predicted octanol–water partition coefficient (Wildman–Crippen LogP) is 6.03. The highest BCUT2D eigenvalue weighted by Gasteiger charge is 2.13. The highest BCUT2D eigenvalue weighted by atomic mass is 35.5. The van der Waals surface area contributed by atoms with E-state index in [9.17, 15) is 9.18 Å². The van der Waals surface area contributed by atoms with Crippen molar-refractivity contribution < 1.29 is 13.9 Å². The van der Waals surface area contributed by atoms with Gasteiger partial charge in [0.1, 0.15) is 18.2 Å². The predicted molar refractivity (Wildman–Crippen MR) is 99.5 cm³/mol. The lowest BCUT2D eigenvalue weighted by atomic mass is 10.3. The highest BCUT2D eigenvalue weighted by Crippen LogP contribution is 2.30. The molecule has 2 aromatic carbocycles. The molecule has 1 N–H and O–H groups in total. The third-order valence-corrected chi connectivity index (χ3v) is 5.09. The van der Waals surface area contributed by atoms with E-state index in [-0.39, 0.29) is 18.3 Å². The molecule has 128 valence electrons. The van der Waals surface area contributed by atoms with Gasteiger partial charge in [-0.1, -0.05) is 29.3 Å². The zero-order chi connectivity index (χ0) is 17.8. The Hall–Kier alpha value is -2.08. The normalized spacial score (nSPS) is 10.5. The van der Waals surface area contributed by atoms with Crippen LogP contribution in [0.15, 0.2) is 53.9 Å². The van der Waals surface area contributed by atoms with Gasteiger partial charge in [0.05, 0.1) is 20.6 Å². The molecule has 1 heterocycles. The molecule has 3 nitrogen and oxygen atoms in total. The van der Waals surface area contributed by atoms with Gasteiger partial charge in [0.2, 0.25) is 0 Å². The second kappa shape index (κ2) is 7.87. The van der Waals surface area contributed by atoms with E-state index >= 15 is 0 Å². The summed E-state index contributed by atoms with van der Waals surface area (Å²) in [5.74, 6) is -0.0342. The summed E-state index contributed by atoms with van der Waals surface area (Å²) >= 11 is 13.3. The molecule has 0 spiro atoms. The van der Waals surface area contributed by atoms with Crippen LogP contribution in [0.25, 0.3) is 0 Å². The Morgan fingerprint density at radius 2 is 1.92 bits per heavy atom. The third kappa shape index (κ3) is 4.51. The van der Waals surface area contributed by atoms with Crippen LogP contribution in [0, 0.1) is 5.82 Å². The molecule has 25 heavy (non-hydrogen) atoms. The van der Waals surface area contributed by atoms with Crippen molar-refractivity contribution in [3.63, 3.8) is 0 Å². The van der Waals surface area contributed by atoms with Crippen molar-refractivity contribution in [3.05, 3.63) is 80.2 Å². The fourth-order valence-electron chi connectivity index (χ4n) is 2.05. The van der Waals surface area contributed by atoms with Gasteiger partial charge in [0.25, 0.3) is 5.91 Å². The Labute approximate surface area is 158 Å². The second-order valence-electron chi connectivity index (χ2n) is 5.12. The molecule has 3 rings (SSSR count). The molecule has 0 saturated carbocycles. The largest absolute Gasteiger partial charge is 0.489 e. The lowest BCUT2D eigenvalue weighted by Gasteiger charge is -2.07. The lowest BCUT2D eigenvalue weighted by molar-refractivity contribution is 0.103. The Morgan fingerprint density at radius 1 is 1.16 bits per heavy atom. The molecule has 0 bridgehead atoms. The standard InChI is InChI=1S/C18H12Cl2FNO2S/c19-14-2-1-3-15(17(14)20)22-18(23)16-8-11(10-25-16)9-24-13-6-4-12(21)5-7-13/h1-8,10H,9H2,(H,22,23). The van der Waals surface area contributed by atoms with Crippen molar-refractivity contribution in [2.75, 3.05) is 5.32 Å². The van der Waals surface area contributed by atoms with E-state index in [4.69, 9.17) is 27.9 Å². The van der Waals surface area contributed by atoms with Gasteiger partial charge in [0, 0.05) is 5.56 Å². The van der Waals surface area contributed by atoms with E-state index < -0.39 is 0 Å². The zero-order valence-electron chi connectivity index (χ0n) is 12.8. The van der Waals surface area contributed by atoms with Crippen LogP contribution in [0.2, 0.25) is 10.0 Å². The van der Waals surface area contributed by atoms with E-state index in [1.54, 1.807) is 36.4 Å². The molecule has 7 heteroatoms. The summed E-state index contributed by atoms with van der Waals surface area (Å²) in [5.41, 5.74) is 1.30. The van der Waals surface area contributed by atoms with Gasteiger partial charge in [-0.3, -0.25) is 4.79 Å². The van der Waals surface area contributed by atoms with E-state index in [2.05, 4.69) is 5.32 Å². The fourth-order valence-corrected chi connectivity index (χ4v) is 3.19. The number of carbonyl (C=O) groups is 1.